The van der Waals surface area contributed by atoms with E-state index in [1.54, 1.807) is 5.56 Å². The van der Waals surface area contributed by atoms with Crippen LogP contribution >= 0.6 is 0 Å². The van der Waals surface area contributed by atoms with Crippen molar-refractivity contribution in [2.45, 2.75) is 38.5 Å². The molecule has 0 saturated carbocycles. The molecule has 0 amide bonds. The maximum absolute atomic E-state index is 3.47. The van der Waals surface area contributed by atoms with E-state index in [0.717, 1.165) is 5.92 Å². The second-order valence-electron chi connectivity index (χ2n) is 6.07. The highest BCUT2D eigenvalue weighted by Crippen LogP contribution is 2.26. The number of rotatable bonds is 4. The first-order valence-electron chi connectivity index (χ1n) is 7.97. The van der Waals surface area contributed by atoms with Crippen molar-refractivity contribution < 1.29 is 0 Å². The fourth-order valence-corrected chi connectivity index (χ4v) is 3.53. The van der Waals surface area contributed by atoms with Gasteiger partial charge in [0, 0.05) is 18.8 Å². The van der Waals surface area contributed by atoms with E-state index in [1.165, 1.54) is 70.4 Å². The topological polar surface area (TPSA) is 15.3 Å². The number of fused-ring (bicyclic) bond motifs is 1. The molecule has 1 unspecified atom stereocenters. The Balaban J connectivity index is 1.57. The zero-order chi connectivity index (χ0) is 12.9. The Labute approximate surface area is 117 Å². The molecule has 2 nitrogen and oxygen atoms in total. The van der Waals surface area contributed by atoms with Gasteiger partial charge < -0.3 is 10.2 Å². The minimum Gasteiger partial charge on any atom is -0.371 e. The van der Waals surface area contributed by atoms with Crippen LogP contribution in [0.25, 0.3) is 0 Å². The van der Waals surface area contributed by atoms with Gasteiger partial charge in [-0.25, -0.2) is 0 Å². The Morgan fingerprint density at radius 3 is 3.05 bits per heavy atom. The molecule has 1 aromatic carbocycles. The highest BCUT2D eigenvalue weighted by atomic mass is 15.1. The molecule has 2 heteroatoms. The van der Waals surface area contributed by atoms with Crippen LogP contribution in [-0.2, 0) is 6.42 Å². The summed E-state index contributed by atoms with van der Waals surface area (Å²) in [6.45, 7) is 4.97. The largest absolute Gasteiger partial charge is 0.371 e. The van der Waals surface area contributed by atoms with Gasteiger partial charge in [0.2, 0.25) is 0 Å². The van der Waals surface area contributed by atoms with Crippen molar-refractivity contribution in [3.8, 4) is 0 Å². The molecule has 1 atom stereocenters. The smallest absolute Gasteiger partial charge is 0.0398 e. The third-order valence-electron chi connectivity index (χ3n) is 4.66. The van der Waals surface area contributed by atoms with E-state index < -0.39 is 0 Å². The monoisotopic (exact) mass is 258 g/mol. The molecule has 1 N–H and O–H groups in total. The van der Waals surface area contributed by atoms with Crippen LogP contribution in [0.2, 0.25) is 0 Å². The van der Waals surface area contributed by atoms with Gasteiger partial charge in [0.1, 0.15) is 0 Å². The van der Waals surface area contributed by atoms with Gasteiger partial charge in [-0.05, 0) is 69.2 Å². The van der Waals surface area contributed by atoms with Gasteiger partial charge in [0.05, 0.1) is 0 Å². The summed E-state index contributed by atoms with van der Waals surface area (Å²) in [5.74, 6) is 0.933. The molecule has 1 aromatic rings. The third-order valence-corrected chi connectivity index (χ3v) is 4.66. The molecule has 2 aliphatic rings. The summed E-state index contributed by atoms with van der Waals surface area (Å²) in [7, 11) is 0. The molecule has 2 aliphatic heterocycles. The molecule has 1 saturated heterocycles. The lowest BCUT2D eigenvalue weighted by molar-refractivity contribution is 0.506. The quantitative estimate of drug-likeness (QED) is 0.892. The summed E-state index contributed by atoms with van der Waals surface area (Å²) in [4.78, 5) is 2.63. The van der Waals surface area contributed by atoms with Gasteiger partial charge in [0.15, 0.2) is 0 Å². The van der Waals surface area contributed by atoms with Gasteiger partial charge in [-0.15, -0.1) is 0 Å². The van der Waals surface area contributed by atoms with Crippen LogP contribution in [0.3, 0.4) is 0 Å². The van der Waals surface area contributed by atoms with E-state index in [1.807, 2.05) is 0 Å². The number of aryl methyl sites for hydroxylation is 1. The molecule has 1 fully saturated rings. The number of hydrogen-bond acceptors (Lipinski definition) is 2. The van der Waals surface area contributed by atoms with Crippen LogP contribution in [0.15, 0.2) is 24.3 Å². The third kappa shape index (κ3) is 3.30. The number of benzene rings is 1. The van der Waals surface area contributed by atoms with E-state index in [0.29, 0.717) is 0 Å². The molecule has 0 spiro atoms. The maximum Gasteiger partial charge on any atom is 0.0398 e. The second kappa shape index (κ2) is 6.42. The van der Waals surface area contributed by atoms with Gasteiger partial charge in [-0.3, -0.25) is 0 Å². The molecule has 0 radical (unpaired) electrons. The Morgan fingerprint density at radius 1 is 1.21 bits per heavy atom. The van der Waals surface area contributed by atoms with Gasteiger partial charge >= 0.3 is 0 Å². The Hall–Kier alpha value is -1.02. The van der Waals surface area contributed by atoms with Gasteiger partial charge in [0.25, 0.3) is 0 Å². The molecular weight excluding hydrogens is 232 g/mol. The van der Waals surface area contributed by atoms with E-state index >= 15 is 0 Å². The molecular formula is C17H26N2. The average Bonchev–Trinajstić information content (AvgIpc) is 2.87. The number of anilines is 1. The zero-order valence-corrected chi connectivity index (χ0v) is 11.9. The van der Waals surface area contributed by atoms with E-state index in [-0.39, 0.29) is 0 Å². The normalized spacial score (nSPS) is 23.2. The van der Waals surface area contributed by atoms with Crippen LogP contribution in [-0.4, -0.2) is 26.2 Å². The zero-order valence-electron chi connectivity index (χ0n) is 11.9. The molecule has 19 heavy (non-hydrogen) atoms. The van der Waals surface area contributed by atoms with Crippen molar-refractivity contribution in [2.75, 3.05) is 31.1 Å². The Morgan fingerprint density at radius 2 is 2.16 bits per heavy atom. The molecule has 0 aromatic heterocycles. The summed E-state index contributed by atoms with van der Waals surface area (Å²) in [6.07, 6.45) is 8.09. The van der Waals surface area contributed by atoms with Crippen molar-refractivity contribution in [2.24, 2.45) is 5.92 Å². The minimum absolute atomic E-state index is 0.933. The molecule has 2 heterocycles. The minimum atomic E-state index is 0.933. The molecule has 0 aliphatic carbocycles. The molecule has 104 valence electrons. The summed E-state index contributed by atoms with van der Waals surface area (Å²) in [5.41, 5.74) is 3.06. The summed E-state index contributed by atoms with van der Waals surface area (Å²) >= 11 is 0. The number of para-hydroxylation sites is 1. The summed E-state index contributed by atoms with van der Waals surface area (Å²) in [5, 5.41) is 3.47. The lowest BCUT2D eigenvalue weighted by Crippen LogP contribution is -2.25. The fraction of sp³-hybridized carbons (Fsp3) is 0.647. The van der Waals surface area contributed by atoms with Crippen molar-refractivity contribution in [3.63, 3.8) is 0 Å². The van der Waals surface area contributed by atoms with Crippen molar-refractivity contribution >= 4 is 5.69 Å². The van der Waals surface area contributed by atoms with Gasteiger partial charge in [-0.2, -0.15) is 0 Å². The standard InChI is InChI=1S/C17H26N2/c1-2-9-17-16(7-1)8-3-4-12-19(17)13-5-6-15-10-11-18-14-15/h1-2,7,9,15,18H,3-6,8,10-14H2. The van der Waals surface area contributed by atoms with Crippen LogP contribution in [0.1, 0.15) is 37.7 Å². The van der Waals surface area contributed by atoms with E-state index in [4.69, 9.17) is 0 Å². The Kier molecular flexibility index (Phi) is 4.39. The van der Waals surface area contributed by atoms with Crippen LogP contribution < -0.4 is 10.2 Å². The number of nitrogens with one attached hydrogen (secondary N) is 1. The van der Waals surface area contributed by atoms with E-state index in [2.05, 4.69) is 34.5 Å². The van der Waals surface area contributed by atoms with E-state index in [9.17, 15) is 0 Å². The first-order valence-corrected chi connectivity index (χ1v) is 7.97. The maximum atomic E-state index is 3.47. The summed E-state index contributed by atoms with van der Waals surface area (Å²) in [6, 6.07) is 9.01. The highest BCUT2D eigenvalue weighted by molar-refractivity contribution is 5.54. The number of nitrogens with zero attached hydrogens (tertiary/aromatic N) is 1. The lowest BCUT2D eigenvalue weighted by atomic mass is 10.0. The number of hydrogen-bond donors (Lipinski definition) is 1. The highest BCUT2D eigenvalue weighted by Gasteiger charge is 2.17. The summed E-state index contributed by atoms with van der Waals surface area (Å²) < 4.78 is 0. The van der Waals surface area contributed by atoms with Crippen molar-refractivity contribution in [1.82, 2.24) is 5.32 Å². The average molecular weight is 258 g/mol. The van der Waals surface area contributed by atoms with Crippen molar-refractivity contribution in [3.05, 3.63) is 29.8 Å². The van der Waals surface area contributed by atoms with Crippen LogP contribution in [0.4, 0.5) is 5.69 Å². The predicted molar refractivity (Wildman–Crippen MR) is 81.8 cm³/mol. The molecule has 0 bridgehead atoms. The van der Waals surface area contributed by atoms with Gasteiger partial charge in [-0.1, -0.05) is 18.2 Å². The molecule has 3 rings (SSSR count). The SMILES string of the molecule is c1ccc2c(c1)CCCCN2CCCC1CCNC1. The first kappa shape index (κ1) is 13.0. The van der Waals surface area contributed by atoms with Crippen LogP contribution in [0, 0.1) is 5.92 Å². The van der Waals surface area contributed by atoms with Crippen molar-refractivity contribution in [1.29, 1.82) is 0 Å². The predicted octanol–water partition coefficient (Wildman–Crippen LogP) is 3.22. The Bertz CT molecular complexity index is 396. The second-order valence-corrected chi connectivity index (χ2v) is 6.07. The fourth-order valence-electron chi connectivity index (χ4n) is 3.53. The lowest BCUT2D eigenvalue weighted by Gasteiger charge is -2.25. The van der Waals surface area contributed by atoms with Crippen LogP contribution in [0.5, 0.6) is 0 Å². The first-order chi connectivity index (χ1) is 9.43.